The molecule has 2 aromatic rings. The highest BCUT2D eigenvalue weighted by atomic mass is 35.5. The zero-order valence-electron chi connectivity index (χ0n) is 20.9. The third-order valence-electron chi connectivity index (χ3n) is 5.44. The monoisotopic (exact) mass is 579 g/mol. The fraction of sp³-hybridized carbons (Fsp3) is 0.480. The van der Waals surface area contributed by atoms with Gasteiger partial charge in [0.25, 0.3) is 0 Å². The number of rotatable bonds is 13. The van der Waals surface area contributed by atoms with E-state index < -0.39 is 27.5 Å². The highest BCUT2D eigenvalue weighted by Crippen LogP contribution is 2.40. The van der Waals surface area contributed by atoms with Crippen LogP contribution in [0.1, 0.15) is 38.8 Å². The number of benzene rings is 2. The molecule has 2 atom stereocenters. The number of alkyl halides is 1. The zero-order valence-corrected chi connectivity index (χ0v) is 24.0. The number of hydrogen-bond acceptors (Lipinski definition) is 6. The van der Waals surface area contributed by atoms with Gasteiger partial charge in [-0.15, -0.1) is 11.6 Å². The van der Waals surface area contributed by atoms with Gasteiger partial charge in [0, 0.05) is 24.8 Å². The van der Waals surface area contributed by atoms with Crippen LogP contribution in [0.3, 0.4) is 0 Å². The van der Waals surface area contributed by atoms with Gasteiger partial charge in [0.15, 0.2) is 5.75 Å². The fourth-order valence-electron chi connectivity index (χ4n) is 3.31. The molecule has 1 N–H and O–H groups in total. The van der Waals surface area contributed by atoms with Gasteiger partial charge in [-0.3, -0.25) is 4.79 Å². The van der Waals surface area contributed by atoms with Crippen LogP contribution in [0.15, 0.2) is 36.4 Å². The third-order valence-corrected chi connectivity index (χ3v) is 7.04. The first-order chi connectivity index (χ1) is 16.7. The molecule has 200 valence electrons. The first kappa shape index (κ1) is 30.5. The lowest BCUT2D eigenvalue weighted by Gasteiger charge is -2.27. The highest BCUT2D eigenvalue weighted by Gasteiger charge is 2.26. The number of carbonyl (C=O) groups is 1. The SMILES string of the molecule is CC(=O)O[C@@H](CCl)COc1c(Cl)cc(C(C)(C)c2ccc(OC[C@H](C)CNS(C)(=O)=O)cc2)cc1Cl. The number of hydrogen-bond donors (Lipinski definition) is 1. The molecule has 0 aliphatic rings. The van der Waals surface area contributed by atoms with Crippen LogP contribution in [0.5, 0.6) is 11.5 Å². The second kappa shape index (κ2) is 13.2. The van der Waals surface area contributed by atoms with Gasteiger partial charge in [-0.2, -0.15) is 0 Å². The van der Waals surface area contributed by atoms with E-state index in [0.29, 0.717) is 34.7 Å². The second-order valence-electron chi connectivity index (χ2n) is 9.15. The molecule has 2 rings (SSSR count). The van der Waals surface area contributed by atoms with E-state index in [1.807, 2.05) is 31.2 Å². The molecule has 0 fully saturated rings. The Labute approximate surface area is 228 Å². The maximum Gasteiger partial charge on any atom is 0.303 e. The molecular weight excluding hydrogens is 549 g/mol. The van der Waals surface area contributed by atoms with Crippen molar-refractivity contribution in [3.05, 3.63) is 57.6 Å². The number of esters is 1. The molecule has 0 unspecified atom stereocenters. The van der Waals surface area contributed by atoms with Crippen LogP contribution in [0.25, 0.3) is 0 Å². The van der Waals surface area contributed by atoms with Crippen LogP contribution < -0.4 is 14.2 Å². The Balaban J connectivity index is 2.09. The van der Waals surface area contributed by atoms with E-state index in [-0.39, 0.29) is 18.4 Å². The van der Waals surface area contributed by atoms with Crippen molar-refractivity contribution in [1.82, 2.24) is 4.72 Å². The van der Waals surface area contributed by atoms with Crippen LogP contribution in [-0.4, -0.2) is 52.4 Å². The molecule has 36 heavy (non-hydrogen) atoms. The Kier molecular flexibility index (Phi) is 11.2. The second-order valence-corrected chi connectivity index (χ2v) is 12.1. The molecule has 0 saturated heterocycles. The summed E-state index contributed by atoms with van der Waals surface area (Å²) >= 11 is 18.8. The molecular formula is C25H32Cl3NO6S. The van der Waals surface area contributed by atoms with Crippen molar-refractivity contribution in [2.45, 2.75) is 39.2 Å². The summed E-state index contributed by atoms with van der Waals surface area (Å²) in [6, 6.07) is 11.3. The zero-order chi connectivity index (χ0) is 27.1. The van der Waals surface area contributed by atoms with Gasteiger partial charge in [0.05, 0.1) is 28.8 Å². The van der Waals surface area contributed by atoms with Gasteiger partial charge >= 0.3 is 5.97 Å². The van der Waals surface area contributed by atoms with Crippen molar-refractivity contribution in [2.24, 2.45) is 5.92 Å². The molecule has 0 aliphatic carbocycles. The molecule has 0 aromatic heterocycles. The van der Waals surface area contributed by atoms with Gasteiger partial charge in [0.1, 0.15) is 18.5 Å². The first-order valence-corrected chi connectivity index (χ1v) is 14.4. The van der Waals surface area contributed by atoms with Crippen molar-refractivity contribution in [1.29, 1.82) is 0 Å². The third kappa shape index (κ3) is 9.30. The van der Waals surface area contributed by atoms with Crippen LogP contribution in [-0.2, 0) is 25.0 Å². The van der Waals surface area contributed by atoms with Crippen molar-refractivity contribution >= 4 is 50.8 Å². The summed E-state index contributed by atoms with van der Waals surface area (Å²) < 4.78 is 41.5. The summed E-state index contributed by atoms with van der Waals surface area (Å²) in [5.41, 5.74) is 1.46. The predicted molar refractivity (Wildman–Crippen MR) is 144 cm³/mol. The maximum atomic E-state index is 11.2. The Bertz CT molecular complexity index is 1120. The minimum atomic E-state index is -3.23. The maximum absolute atomic E-state index is 11.2. The topological polar surface area (TPSA) is 90.9 Å². The van der Waals surface area contributed by atoms with Gasteiger partial charge in [-0.1, -0.05) is 56.1 Å². The number of ether oxygens (including phenoxy) is 3. The fourth-order valence-corrected chi connectivity index (χ4v) is 4.64. The van der Waals surface area contributed by atoms with Crippen LogP contribution >= 0.6 is 34.8 Å². The van der Waals surface area contributed by atoms with E-state index in [2.05, 4.69) is 18.6 Å². The molecule has 0 aliphatic heterocycles. The van der Waals surface area contributed by atoms with E-state index in [4.69, 9.17) is 49.0 Å². The lowest BCUT2D eigenvalue weighted by Crippen LogP contribution is -2.29. The highest BCUT2D eigenvalue weighted by molar-refractivity contribution is 7.88. The van der Waals surface area contributed by atoms with Crippen LogP contribution in [0.4, 0.5) is 0 Å². The van der Waals surface area contributed by atoms with E-state index in [1.54, 1.807) is 12.1 Å². The molecule has 2 aromatic carbocycles. The van der Waals surface area contributed by atoms with Gasteiger partial charge in [-0.25, -0.2) is 13.1 Å². The quantitative estimate of drug-likeness (QED) is 0.251. The smallest absolute Gasteiger partial charge is 0.303 e. The van der Waals surface area contributed by atoms with Gasteiger partial charge in [-0.05, 0) is 35.4 Å². The van der Waals surface area contributed by atoms with E-state index in [0.717, 1.165) is 17.4 Å². The first-order valence-electron chi connectivity index (χ1n) is 11.3. The van der Waals surface area contributed by atoms with E-state index >= 15 is 0 Å². The molecule has 11 heteroatoms. The number of carbonyl (C=O) groups excluding carboxylic acids is 1. The molecule has 0 saturated carbocycles. The van der Waals surface area contributed by atoms with Crippen LogP contribution in [0, 0.1) is 5.92 Å². The summed E-state index contributed by atoms with van der Waals surface area (Å²) in [7, 11) is -3.23. The Morgan fingerprint density at radius 2 is 1.61 bits per heavy atom. The summed E-state index contributed by atoms with van der Waals surface area (Å²) in [6.45, 7) is 8.01. The van der Waals surface area contributed by atoms with Crippen molar-refractivity contribution < 1.29 is 27.4 Å². The summed E-state index contributed by atoms with van der Waals surface area (Å²) in [6.07, 6.45) is 0.511. The lowest BCUT2D eigenvalue weighted by atomic mass is 9.78. The Hall–Kier alpha value is -1.71. The minimum absolute atomic E-state index is 0.00889. The molecule has 0 bridgehead atoms. The normalized spacial score (nSPS) is 13.7. The number of sulfonamides is 1. The molecule has 0 amide bonds. The molecule has 0 spiro atoms. The standard InChI is InChI=1S/C25H32Cl3NO6S/c1-16(13-29-36(5,31)32)14-33-20-8-6-18(7-9-20)25(3,4)19-10-22(27)24(23(28)11-19)34-15-21(12-26)35-17(2)30/h6-11,16,21,29H,12-15H2,1-5H3/t16-,21+/m1/s1. The molecule has 0 heterocycles. The molecule has 0 radical (unpaired) electrons. The van der Waals surface area contributed by atoms with Crippen molar-refractivity contribution in [2.75, 3.05) is 31.9 Å². The molecule has 7 nitrogen and oxygen atoms in total. The van der Waals surface area contributed by atoms with E-state index in [9.17, 15) is 13.2 Å². The van der Waals surface area contributed by atoms with Crippen molar-refractivity contribution in [3.8, 4) is 11.5 Å². The minimum Gasteiger partial charge on any atom is -0.493 e. The van der Waals surface area contributed by atoms with E-state index in [1.165, 1.54) is 6.92 Å². The summed E-state index contributed by atoms with van der Waals surface area (Å²) in [5, 5.41) is 0.664. The average Bonchev–Trinajstić information content (AvgIpc) is 2.79. The van der Waals surface area contributed by atoms with Gasteiger partial charge < -0.3 is 14.2 Å². The van der Waals surface area contributed by atoms with Crippen molar-refractivity contribution in [3.63, 3.8) is 0 Å². The summed E-state index contributed by atoms with van der Waals surface area (Å²) in [5.74, 6) is 0.615. The largest absolute Gasteiger partial charge is 0.493 e. The average molecular weight is 581 g/mol. The number of nitrogens with one attached hydrogen (secondary N) is 1. The summed E-state index contributed by atoms with van der Waals surface area (Å²) in [4.78, 5) is 11.2. The predicted octanol–water partition coefficient (Wildman–Crippen LogP) is 5.43. The Morgan fingerprint density at radius 1 is 1.03 bits per heavy atom. The lowest BCUT2D eigenvalue weighted by molar-refractivity contribution is -0.146. The van der Waals surface area contributed by atoms with Gasteiger partial charge in [0.2, 0.25) is 10.0 Å². The van der Waals surface area contributed by atoms with Crippen LogP contribution in [0.2, 0.25) is 10.0 Å². The number of halogens is 3. The Morgan fingerprint density at radius 3 is 2.11 bits per heavy atom.